The second-order valence-electron chi connectivity index (χ2n) is 3.35. The number of carbonyl (C=O) groups is 1. The number of rotatable bonds is 4. The first kappa shape index (κ1) is 12.8. The summed E-state index contributed by atoms with van der Waals surface area (Å²) in [4.78, 5) is 20.1. The highest BCUT2D eigenvalue weighted by atomic mass is 35.5. The Morgan fingerprint density at radius 3 is 3.00 bits per heavy atom. The first-order valence-corrected chi connectivity index (χ1v) is 6.57. The molecule has 0 aliphatic heterocycles. The van der Waals surface area contributed by atoms with Crippen LogP contribution in [0.2, 0.25) is 5.02 Å². The van der Waals surface area contributed by atoms with E-state index in [2.05, 4.69) is 20.6 Å². The molecule has 94 valence electrons. The summed E-state index contributed by atoms with van der Waals surface area (Å²) >= 11 is 7.30. The molecule has 2 aromatic heterocycles. The fourth-order valence-electron chi connectivity index (χ4n) is 1.32. The van der Waals surface area contributed by atoms with Gasteiger partial charge in [-0.15, -0.1) is 11.3 Å². The van der Waals surface area contributed by atoms with Crippen molar-refractivity contribution < 1.29 is 4.79 Å². The smallest absolute Gasteiger partial charge is 0.277 e. The topological polar surface area (TPSA) is 66.9 Å². The lowest BCUT2D eigenvalue weighted by Gasteiger charge is -2.07. The van der Waals surface area contributed by atoms with E-state index < -0.39 is 0 Å². The highest BCUT2D eigenvalue weighted by Crippen LogP contribution is 2.19. The summed E-state index contributed by atoms with van der Waals surface area (Å²) in [5.74, 6) is 0.251. The predicted octanol–water partition coefficient (Wildman–Crippen LogP) is 2.88. The van der Waals surface area contributed by atoms with Crippen molar-refractivity contribution in [1.29, 1.82) is 0 Å². The molecule has 2 heterocycles. The molecule has 1 amide bonds. The number of hydrogen-bond acceptors (Lipinski definition) is 5. The van der Waals surface area contributed by atoms with Gasteiger partial charge in [-0.1, -0.05) is 11.6 Å². The van der Waals surface area contributed by atoms with Crippen LogP contribution < -0.4 is 10.6 Å². The quantitative estimate of drug-likeness (QED) is 0.905. The summed E-state index contributed by atoms with van der Waals surface area (Å²) in [6, 6.07) is 3.37. The largest absolute Gasteiger partial charge is 0.370 e. The summed E-state index contributed by atoms with van der Waals surface area (Å²) in [6.07, 6.45) is 1.62. The van der Waals surface area contributed by atoms with E-state index in [0.29, 0.717) is 16.0 Å². The molecule has 0 aromatic carbocycles. The normalized spacial score (nSPS) is 10.1. The zero-order valence-corrected chi connectivity index (χ0v) is 11.2. The molecule has 0 fully saturated rings. The fourth-order valence-corrected chi connectivity index (χ4v) is 2.04. The molecule has 18 heavy (non-hydrogen) atoms. The molecule has 0 aliphatic carbocycles. The van der Waals surface area contributed by atoms with Crippen molar-refractivity contribution in [1.82, 2.24) is 9.97 Å². The fraction of sp³-hybridized carbons (Fsp3) is 0.182. The van der Waals surface area contributed by atoms with E-state index in [1.54, 1.807) is 23.7 Å². The minimum Gasteiger partial charge on any atom is -0.370 e. The number of nitrogens with one attached hydrogen (secondary N) is 2. The Labute approximate surface area is 113 Å². The van der Waals surface area contributed by atoms with Crippen LogP contribution in [0.1, 0.15) is 17.4 Å². The number of nitrogens with zero attached hydrogens (tertiary/aromatic N) is 2. The van der Waals surface area contributed by atoms with Crippen LogP contribution in [0, 0.1) is 0 Å². The molecule has 2 rings (SSSR count). The van der Waals surface area contributed by atoms with Crippen molar-refractivity contribution >= 4 is 39.8 Å². The van der Waals surface area contributed by atoms with Gasteiger partial charge in [0.1, 0.15) is 11.5 Å². The Hall–Kier alpha value is -1.66. The van der Waals surface area contributed by atoms with Crippen LogP contribution in [0.15, 0.2) is 23.7 Å². The summed E-state index contributed by atoms with van der Waals surface area (Å²) < 4.78 is 0. The molecular formula is C11H11ClN4OS. The van der Waals surface area contributed by atoms with Crippen molar-refractivity contribution in [2.24, 2.45) is 0 Å². The van der Waals surface area contributed by atoms with Gasteiger partial charge in [0.05, 0.1) is 5.02 Å². The lowest BCUT2D eigenvalue weighted by Crippen LogP contribution is -2.15. The molecule has 0 aliphatic rings. The van der Waals surface area contributed by atoms with Gasteiger partial charge in [0.2, 0.25) is 0 Å². The zero-order chi connectivity index (χ0) is 13.0. The minimum absolute atomic E-state index is 0.185. The lowest BCUT2D eigenvalue weighted by molar-refractivity contribution is 0.102. The molecule has 0 saturated heterocycles. The number of amides is 1. The van der Waals surface area contributed by atoms with Crippen LogP contribution in [0.5, 0.6) is 0 Å². The van der Waals surface area contributed by atoms with Gasteiger partial charge in [-0.3, -0.25) is 10.1 Å². The highest BCUT2D eigenvalue weighted by Gasteiger charge is 2.14. The Morgan fingerprint density at radius 1 is 1.50 bits per heavy atom. The average molecular weight is 283 g/mol. The van der Waals surface area contributed by atoms with Crippen molar-refractivity contribution in [2.45, 2.75) is 6.92 Å². The van der Waals surface area contributed by atoms with E-state index >= 15 is 0 Å². The maximum absolute atomic E-state index is 12.0. The molecule has 7 heteroatoms. The number of halogens is 1. The third kappa shape index (κ3) is 2.96. The van der Waals surface area contributed by atoms with Gasteiger partial charge >= 0.3 is 0 Å². The molecule has 2 N–H and O–H groups in total. The van der Waals surface area contributed by atoms with Crippen molar-refractivity contribution in [3.63, 3.8) is 0 Å². The number of hydrogen-bond donors (Lipinski definition) is 2. The molecular weight excluding hydrogens is 272 g/mol. The Kier molecular flexibility index (Phi) is 4.11. The Bertz CT molecular complexity index is 544. The molecule has 0 atom stereocenters. The summed E-state index contributed by atoms with van der Waals surface area (Å²) in [5.41, 5.74) is 0.185. The monoisotopic (exact) mass is 282 g/mol. The molecule has 0 saturated carbocycles. The van der Waals surface area contributed by atoms with Crippen molar-refractivity contribution in [3.05, 3.63) is 34.4 Å². The van der Waals surface area contributed by atoms with Crippen molar-refractivity contribution in [2.75, 3.05) is 17.2 Å². The summed E-state index contributed by atoms with van der Waals surface area (Å²) in [7, 11) is 0. The highest BCUT2D eigenvalue weighted by molar-refractivity contribution is 7.13. The zero-order valence-electron chi connectivity index (χ0n) is 9.61. The Morgan fingerprint density at radius 2 is 2.33 bits per heavy atom. The Balaban J connectivity index is 2.20. The maximum Gasteiger partial charge on any atom is 0.277 e. The number of thiazole rings is 1. The second-order valence-corrected chi connectivity index (χ2v) is 4.65. The van der Waals surface area contributed by atoms with E-state index in [-0.39, 0.29) is 11.6 Å². The van der Waals surface area contributed by atoms with Gasteiger partial charge in [-0.05, 0) is 19.1 Å². The van der Waals surface area contributed by atoms with Gasteiger partial charge in [-0.2, -0.15) is 0 Å². The van der Waals surface area contributed by atoms with Gasteiger partial charge in [0, 0.05) is 18.1 Å². The van der Waals surface area contributed by atoms with Crippen LogP contribution >= 0.6 is 22.9 Å². The minimum atomic E-state index is -0.366. The number of pyridine rings is 1. The van der Waals surface area contributed by atoms with Crippen LogP contribution in [0.25, 0.3) is 0 Å². The van der Waals surface area contributed by atoms with Crippen LogP contribution in [-0.4, -0.2) is 22.4 Å². The SMILES string of the molecule is CCNc1ccc(Cl)c(C(=O)Nc2nccs2)n1. The third-order valence-electron chi connectivity index (χ3n) is 2.07. The first-order valence-electron chi connectivity index (χ1n) is 5.32. The molecule has 0 unspecified atom stereocenters. The maximum atomic E-state index is 12.0. The van der Waals surface area contributed by atoms with E-state index in [9.17, 15) is 4.79 Å². The average Bonchev–Trinajstić information content (AvgIpc) is 2.84. The number of aromatic nitrogens is 2. The number of carbonyl (C=O) groups excluding carboxylic acids is 1. The van der Waals surface area contributed by atoms with E-state index in [0.717, 1.165) is 6.54 Å². The molecule has 0 spiro atoms. The standard InChI is InChI=1S/C11H11ClN4OS/c1-2-13-8-4-3-7(12)9(15-8)10(17)16-11-14-5-6-18-11/h3-6H,2H2,1H3,(H,13,15)(H,14,16,17). The second kappa shape index (κ2) is 5.79. The molecule has 2 aromatic rings. The van der Waals surface area contributed by atoms with Crippen molar-refractivity contribution in [3.8, 4) is 0 Å². The van der Waals surface area contributed by atoms with Crippen LogP contribution in [-0.2, 0) is 0 Å². The van der Waals surface area contributed by atoms with Gasteiger partial charge < -0.3 is 5.32 Å². The lowest BCUT2D eigenvalue weighted by atomic mass is 10.3. The predicted molar refractivity (Wildman–Crippen MR) is 73.5 cm³/mol. The molecule has 0 radical (unpaired) electrons. The van der Waals surface area contributed by atoms with Gasteiger partial charge in [0.25, 0.3) is 5.91 Å². The van der Waals surface area contributed by atoms with E-state index in [4.69, 9.17) is 11.6 Å². The summed E-state index contributed by atoms with van der Waals surface area (Å²) in [6.45, 7) is 2.67. The van der Waals surface area contributed by atoms with Gasteiger partial charge in [-0.25, -0.2) is 9.97 Å². The van der Waals surface area contributed by atoms with E-state index in [1.165, 1.54) is 11.3 Å². The molecule has 5 nitrogen and oxygen atoms in total. The summed E-state index contributed by atoms with van der Waals surface area (Å²) in [5, 5.41) is 8.28. The number of anilines is 2. The van der Waals surface area contributed by atoms with Gasteiger partial charge in [0.15, 0.2) is 5.13 Å². The third-order valence-corrected chi connectivity index (χ3v) is 3.07. The van der Waals surface area contributed by atoms with E-state index in [1.807, 2.05) is 6.92 Å². The van der Waals surface area contributed by atoms with Crippen LogP contribution in [0.3, 0.4) is 0 Å². The van der Waals surface area contributed by atoms with Crippen LogP contribution in [0.4, 0.5) is 10.9 Å². The first-order chi connectivity index (χ1) is 8.70. The molecule has 0 bridgehead atoms.